The van der Waals surface area contributed by atoms with Crippen LogP contribution < -0.4 is 14.4 Å². The van der Waals surface area contributed by atoms with E-state index < -0.39 is 12.0 Å². The summed E-state index contributed by atoms with van der Waals surface area (Å²) in [5.74, 6) is 1.45. The number of likely N-dealkylation sites (N-methyl/N-ethyl adjacent to an activating group) is 1. The summed E-state index contributed by atoms with van der Waals surface area (Å²) in [5.41, 5.74) is 2.16. The molecule has 36 heavy (non-hydrogen) atoms. The average molecular weight is 487 g/mol. The number of hydrogen-bond acceptors (Lipinski definition) is 6. The van der Waals surface area contributed by atoms with Gasteiger partial charge < -0.3 is 24.2 Å². The zero-order valence-electron chi connectivity index (χ0n) is 20.8. The molecule has 8 nitrogen and oxygen atoms in total. The van der Waals surface area contributed by atoms with E-state index in [0.29, 0.717) is 43.2 Å². The van der Waals surface area contributed by atoms with Crippen molar-refractivity contribution in [3.05, 3.63) is 83.6 Å². The second-order valence-corrected chi connectivity index (χ2v) is 9.04. The molecule has 1 saturated heterocycles. The van der Waals surface area contributed by atoms with Gasteiger partial charge >= 0.3 is 0 Å². The van der Waals surface area contributed by atoms with Gasteiger partial charge in [-0.15, -0.1) is 0 Å². The Labute approximate surface area is 211 Å². The number of nitrogens with zero attached hydrogens (tertiary/aromatic N) is 4. The minimum absolute atomic E-state index is 0.0160. The number of ether oxygens (including phenoxy) is 2. The zero-order chi connectivity index (χ0) is 25.2. The molecule has 0 bridgehead atoms. The molecule has 2 aromatic carbocycles. The number of carbonyl (C=O) groups excluding carboxylic acids is 2. The van der Waals surface area contributed by atoms with Gasteiger partial charge in [0.1, 0.15) is 5.82 Å². The van der Waals surface area contributed by atoms with Crippen molar-refractivity contribution in [2.75, 3.05) is 52.3 Å². The minimum atomic E-state index is -0.539. The minimum Gasteiger partial charge on any atom is -0.493 e. The molecule has 0 spiro atoms. The summed E-state index contributed by atoms with van der Waals surface area (Å²) in [5, 5.41) is 0. The summed E-state index contributed by atoms with van der Waals surface area (Å²) in [4.78, 5) is 37.8. The van der Waals surface area contributed by atoms with Crippen LogP contribution >= 0.6 is 0 Å². The number of pyridine rings is 1. The number of amides is 2. The molecular weight excluding hydrogens is 456 g/mol. The number of fused-ring (bicyclic) bond motifs is 1. The zero-order valence-corrected chi connectivity index (χ0v) is 20.8. The highest BCUT2D eigenvalue weighted by molar-refractivity contribution is 6.01. The maximum atomic E-state index is 14.2. The van der Waals surface area contributed by atoms with E-state index in [1.54, 1.807) is 38.4 Å². The summed E-state index contributed by atoms with van der Waals surface area (Å²) < 4.78 is 10.9. The fraction of sp³-hybridized carbons (Fsp3) is 0.321. The number of methoxy groups -OCH3 is 2. The molecule has 1 fully saturated rings. The predicted molar refractivity (Wildman–Crippen MR) is 137 cm³/mol. The van der Waals surface area contributed by atoms with Crippen LogP contribution in [0.4, 0.5) is 5.82 Å². The Morgan fingerprint density at radius 3 is 2.33 bits per heavy atom. The van der Waals surface area contributed by atoms with Gasteiger partial charge in [0.2, 0.25) is 5.91 Å². The first kappa shape index (κ1) is 23.7. The Morgan fingerprint density at radius 1 is 0.917 bits per heavy atom. The molecule has 186 valence electrons. The van der Waals surface area contributed by atoms with Gasteiger partial charge in [0.05, 0.1) is 26.2 Å². The van der Waals surface area contributed by atoms with Crippen molar-refractivity contribution >= 4 is 17.6 Å². The van der Waals surface area contributed by atoms with Crippen LogP contribution in [0.3, 0.4) is 0 Å². The molecule has 0 radical (unpaired) electrons. The normalized spacial score (nSPS) is 19.6. The van der Waals surface area contributed by atoms with E-state index >= 15 is 0 Å². The first-order chi connectivity index (χ1) is 17.5. The van der Waals surface area contributed by atoms with Crippen LogP contribution in [-0.4, -0.2) is 74.0 Å². The van der Waals surface area contributed by atoms with Gasteiger partial charge in [-0.1, -0.05) is 30.3 Å². The monoisotopic (exact) mass is 486 g/mol. The molecule has 0 unspecified atom stereocenters. The third-order valence-electron chi connectivity index (χ3n) is 7.16. The van der Waals surface area contributed by atoms with Crippen molar-refractivity contribution in [3.63, 3.8) is 0 Å². The Morgan fingerprint density at radius 2 is 1.64 bits per heavy atom. The molecule has 2 amide bonds. The van der Waals surface area contributed by atoms with Gasteiger partial charge in [-0.3, -0.25) is 9.59 Å². The number of aromatic nitrogens is 1. The highest BCUT2D eigenvalue weighted by Crippen LogP contribution is 2.44. The lowest BCUT2D eigenvalue weighted by molar-refractivity contribution is -0.134. The number of anilines is 1. The van der Waals surface area contributed by atoms with Crippen molar-refractivity contribution in [3.8, 4) is 11.5 Å². The number of piperazine rings is 1. The quantitative estimate of drug-likeness (QED) is 0.551. The van der Waals surface area contributed by atoms with Crippen molar-refractivity contribution in [2.24, 2.45) is 0 Å². The molecule has 3 heterocycles. The predicted octanol–water partition coefficient (Wildman–Crippen LogP) is 3.36. The molecule has 3 aromatic rings. The number of carbonyl (C=O) groups is 2. The van der Waals surface area contributed by atoms with Gasteiger partial charge in [0.25, 0.3) is 5.91 Å². The summed E-state index contributed by atoms with van der Waals surface area (Å²) >= 11 is 0. The van der Waals surface area contributed by atoms with Crippen molar-refractivity contribution < 1.29 is 19.1 Å². The van der Waals surface area contributed by atoms with E-state index in [9.17, 15) is 9.59 Å². The maximum Gasteiger partial charge on any atom is 0.254 e. The van der Waals surface area contributed by atoms with Gasteiger partial charge in [0.15, 0.2) is 11.5 Å². The molecule has 0 N–H and O–H groups in total. The SMILES string of the molecule is COc1ccc([C@H]2[C@@H](C(=O)N3CCN(c4ccccn4)CC3)c3ccccc3C(=O)N2C)cc1OC. The van der Waals surface area contributed by atoms with Crippen LogP contribution in [0.15, 0.2) is 66.9 Å². The van der Waals surface area contributed by atoms with E-state index in [0.717, 1.165) is 16.9 Å². The molecule has 0 saturated carbocycles. The summed E-state index contributed by atoms with van der Waals surface area (Å²) in [6, 6.07) is 18.4. The molecule has 8 heteroatoms. The summed E-state index contributed by atoms with van der Waals surface area (Å²) in [7, 11) is 4.93. The van der Waals surface area contributed by atoms with Crippen LogP contribution in [-0.2, 0) is 4.79 Å². The maximum absolute atomic E-state index is 14.2. The van der Waals surface area contributed by atoms with E-state index in [1.807, 2.05) is 59.5 Å². The number of hydrogen-bond donors (Lipinski definition) is 0. The second-order valence-electron chi connectivity index (χ2n) is 9.04. The highest BCUT2D eigenvalue weighted by atomic mass is 16.5. The topological polar surface area (TPSA) is 75.2 Å². The molecule has 5 rings (SSSR count). The average Bonchev–Trinajstić information content (AvgIpc) is 2.94. The van der Waals surface area contributed by atoms with Gasteiger partial charge in [-0.05, 0) is 41.5 Å². The second kappa shape index (κ2) is 9.89. The first-order valence-electron chi connectivity index (χ1n) is 12.1. The van der Waals surface area contributed by atoms with Crippen LogP contribution in [0.5, 0.6) is 11.5 Å². The highest BCUT2D eigenvalue weighted by Gasteiger charge is 2.44. The smallest absolute Gasteiger partial charge is 0.254 e. The largest absolute Gasteiger partial charge is 0.493 e. The third kappa shape index (κ3) is 4.12. The van der Waals surface area contributed by atoms with Crippen LogP contribution in [0.2, 0.25) is 0 Å². The Bertz CT molecular complexity index is 1260. The standard InChI is InChI=1S/C28H30N4O4/c1-30-26(19-11-12-22(35-2)23(18-19)36-3)25(20-8-4-5-9-21(20)27(30)33)28(34)32-16-14-31(15-17-32)24-10-6-7-13-29-24/h4-13,18,25-26H,14-17H2,1-3H3/t25-,26-/m0/s1. The van der Waals surface area contributed by atoms with E-state index in [1.165, 1.54) is 0 Å². The van der Waals surface area contributed by atoms with Crippen LogP contribution in [0.1, 0.15) is 33.4 Å². The van der Waals surface area contributed by atoms with Crippen LogP contribution in [0, 0.1) is 0 Å². The number of benzene rings is 2. The van der Waals surface area contributed by atoms with E-state index in [4.69, 9.17) is 9.47 Å². The molecule has 1 aromatic heterocycles. The summed E-state index contributed by atoms with van der Waals surface area (Å²) in [6.07, 6.45) is 1.78. The van der Waals surface area contributed by atoms with Gasteiger partial charge in [-0.25, -0.2) is 4.98 Å². The van der Waals surface area contributed by atoms with Gasteiger partial charge in [0, 0.05) is 45.0 Å². The van der Waals surface area contributed by atoms with Crippen molar-refractivity contribution in [1.82, 2.24) is 14.8 Å². The lowest BCUT2D eigenvalue weighted by Gasteiger charge is -2.43. The fourth-order valence-electron chi connectivity index (χ4n) is 5.29. The van der Waals surface area contributed by atoms with Crippen molar-refractivity contribution in [2.45, 2.75) is 12.0 Å². The molecule has 0 aliphatic carbocycles. The third-order valence-corrected chi connectivity index (χ3v) is 7.16. The van der Waals surface area contributed by atoms with Crippen LogP contribution in [0.25, 0.3) is 0 Å². The van der Waals surface area contributed by atoms with Crippen molar-refractivity contribution in [1.29, 1.82) is 0 Å². The Hall–Kier alpha value is -4.07. The van der Waals surface area contributed by atoms with E-state index in [-0.39, 0.29) is 11.8 Å². The lowest BCUT2D eigenvalue weighted by atomic mass is 9.79. The Kier molecular flexibility index (Phi) is 6.50. The fourth-order valence-corrected chi connectivity index (χ4v) is 5.29. The Balaban J connectivity index is 1.49. The molecule has 2 aliphatic heterocycles. The summed E-state index contributed by atoms with van der Waals surface area (Å²) in [6.45, 7) is 2.58. The molecular formula is C28H30N4O4. The molecule has 2 atom stereocenters. The lowest BCUT2D eigenvalue weighted by Crippen LogP contribution is -2.53. The molecule has 2 aliphatic rings. The van der Waals surface area contributed by atoms with E-state index in [2.05, 4.69) is 9.88 Å². The van der Waals surface area contributed by atoms with Gasteiger partial charge in [-0.2, -0.15) is 0 Å². The number of rotatable bonds is 5. The first-order valence-corrected chi connectivity index (χ1v) is 12.1.